The van der Waals surface area contributed by atoms with Gasteiger partial charge < -0.3 is 19.1 Å². The quantitative estimate of drug-likeness (QED) is 0.139. The molecule has 1 saturated heterocycles. The Bertz CT molecular complexity index is 2230. The van der Waals surface area contributed by atoms with Crippen molar-refractivity contribution in [2.75, 3.05) is 38.0 Å². The van der Waals surface area contributed by atoms with E-state index in [0.717, 1.165) is 87.1 Å². The molecule has 9 atom stereocenters. The van der Waals surface area contributed by atoms with Gasteiger partial charge in [-0.05, 0) is 129 Å². The van der Waals surface area contributed by atoms with Gasteiger partial charge in [-0.25, -0.2) is 9.20 Å². The van der Waals surface area contributed by atoms with E-state index < -0.39 is 21.5 Å². The van der Waals surface area contributed by atoms with Gasteiger partial charge in [0.05, 0.1) is 35.2 Å². The summed E-state index contributed by atoms with van der Waals surface area (Å²) in [6, 6.07) is 12.3. The lowest BCUT2D eigenvalue weighted by Crippen LogP contribution is -2.49. The molecule has 1 aromatic heterocycles. The van der Waals surface area contributed by atoms with Crippen molar-refractivity contribution in [1.82, 2.24) is 9.78 Å². The predicted molar refractivity (Wildman–Crippen MR) is 228 cm³/mol. The fourth-order valence-corrected chi connectivity index (χ4v) is 12.8. The molecule has 8 rings (SSSR count). The Kier molecular flexibility index (Phi) is 11.8. The van der Waals surface area contributed by atoms with Crippen LogP contribution in [0.2, 0.25) is 5.02 Å². The van der Waals surface area contributed by atoms with Gasteiger partial charge in [0, 0.05) is 60.9 Å². The molecule has 0 radical (unpaired) electrons. The highest BCUT2D eigenvalue weighted by atomic mass is 35.5. The molecule has 1 spiro atoms. The minimum Gasteiger partial charge on any atom is -0.479 e. The summed E-state index contributed by atoms with van der Waals surface area (Å²) >= 11 is 6.54. The van der Waals surface area contributed by atoms with Crippen molar-refractivity contribution >= 4 is 44.4 Å². The van der Waals surface area contributed by atoms with Gasteiger partial charge in [0.15, 0.2) is 0 Å². The number of hydrogen-bond acceptors (Lipinski definition) is 8. The van der Waals surface area contributed by atoms with Gasteiger partial charge in [0.25, 0.3) is 11.8 Å². The molecule has 5 aliphatic rings. The molecule has 11 nitrogen and oxygen atoms in total. The Morgan fingerprint density at radius 2 is 1.97 bits per heavy atom. The van der Waals surface area contributed by atoms with Crippen LogP contribution in [-0.4, -0.2) is 82.7 Å². The normalized spacial score (nSPS) is 32.4. The van der Waals surface area contributed by atoms with Gasteiger partial charge in [-0.2, -0.15) is 4.36 Å². The maximum absolute atomic E-state index is 15.1. The number of rotatable bonds is 6. The number of halogens is 1. The first kappa shape index (κ1) is 40.9. The summed E-state index contributed by atoms with van der Waals surface area (Å²) in [7, 11) is 1.39. The van der Waals surface area contributed by atoms with Crippen LogP contribution >= 0.6 is 11.6 Å². The monoisotopic (exact) mass is 829 g/mol. The summed E-state index contributed by atoms with van der Waals surface area (Å²) in [6.07, 6.45) is 12.7. The Balaban J connectivity index is 1.22. The van der Waals surface area contributed by atoms with Gasteiger partial charge in [0.2, 0.25) is 5.88 Å². The lowest BCUT2D eigenvalue weighted by molar-refractivity contribution is -0.0439. The number of aliphatic imine (C=N–C) groups is 1. The molecule has 2 aromatic carbocycles. The van der Waals surface area contributed by atoms with Crippen LogP contribution in [0.5, 0.6) is 5.88 Å². The first-order valence-electron chi connectivity index (χ1n) is 20.8. The number of methoxy groups -OCH3 is 2. The number of benzene rings is 2. The minimum absolute atomic E-state index is 0.0195. The Morgan fingerprint density at radius 1 is 1.12 bits per heavy atom. The molecule has 1 saturated carbocycles. The molecular weight excluding hydrogens is 774 g/mol. The van der Waals surface area contributed by atoms with Crippen LogP contribution in [0.15, 0.2) is 64.6 Å². The number of aromatic nitrogens is 2. The zero-order valence-electron chi connectivity index (χ0n) is 34.1. The average Bonchev–Trinajstić information content (AvgIpc) is 3.74. The van der Waals surface area contributed by atoms with E-state index in [2.05, 4.69) is 44.1 Å². The molecule has 2 aliphatic carbocycles. The number of anilines is 1. The minimum atomic E-state index is -3.54. The van der Waals surface area contributed by atoms with E-state index in [0.29, 0.717) is 23.8 Å². The Morgan fingerprint density at radius 3 is 2.72 bits per heavy atom. The molecule has 13 heteroatoms. The molecule has 0 N–H and O–H groups in total. The smallest absolute Gasteiger partial charge is 0.285 e. The third kappa shape index (κ3) is 8.06. The maximum atomic E-state index is 15.1. The number of aryl methyl sites for hydroxylation is 3. The number of fused-ring (bicyclic) bond motifs is 5. The summed E-state index contributed by atoms with van der Waals surface area (Å²) in [6.45, 7) is 7.65. The van der Waals surface area contributed by atoms with E-state index in [1.54, 1.807) is 7.05 Å². The molecule has 2 fully saturated rings. The molecule has 4 heterocycles. The van der Waals surface area contributed by atoms with Crippen LogP contribution in [0, 0.1) is 23.7 Å². The number of carbonyl (C=O) groups excluding carboxylic acids is 2. The van der Waals surface area contributed by atoms with Crippen LogP contribution in [-0.2, 0) is 44.5 Å². The molecule has 58 heavy (non-hydrogen) atoms. The maximum Gasteiger partial charge on any atom is 0.285 e. The summed E-state index contributed by atoms with van der Waals surface area (Å²) < 4.78 is 39.4. The van der Waals surface area contributed by atoms with Gasteiger partial charge in [-0.1, -0.05) is 36.7 Å². The van der Waals surface area contributed by atoms with Crippen molar-refractivity contribution in [1.29, 1.82) is 0 Å². The fourth-order valence-electron chi connectivity index (χ4n) is 10.8. The second-order valence-electron chi connectivity index (χ2n) is 17.4. The number of nitrogens with zero attached hydrogens (tertiary/aromatic N) is 5. The second-order valence-corrected chi connectivity index (χ2v) is 20.0. The van der Waals surface area contributed by atoms with Gasteiger partial charge in [0.1, 0.15) is 11.1 Å². The van der Waals surface area contributed by atoms with Crippen LogP contribution in [0.4, 0.5) is 5.69 Å². The Hall–Kier alpha value is -3.84. The lowest BCUT2D eigenvalue weighted by atomic mass is 9.66. The highest BCUT2D eigenvalue weighted by Gasteiger charge is 2.46. The summed E-state index contributed by atoms with van der Waals surface area (Å²) in [5.41, 5.74) is 6.45. The fraction of sp³-hybridized carbons (Fsp3) is 0.556. The van der Waals surface area contributed by atoms with Crippen LogP contribution in [0.1, 0.15) is 95.7 Å². The third-order valence-corrected chi connectivity index (χ3v) is 15.8. The van der Waals surface area contributed by atoms with Gasteiger partial charge in [-0.3, -0.25) is 14.3 Å². The van der Waals surface area contributed by atoms with Gasteiger partial charge >= 0.3 is 0 Å². The molecule has 310 valence electrons. The molecule has 3 aromatic rings. The lowest BCUT2D eigenvalue weighted by Gasteiger charge is -2.47. The van der Waals surface area contributed by atoms with Crippen molar-refractivity contribution in [2.24, 2.45) is 40.1 Å². The van der Waals surface area contributed by atoms with Crippen LogP contribution in [0.25, 0.3) is 0 Å². The summed E-state index contributed by atoms with van der Waals surface area (Å²) in [4.78, 5) is 34.5. The van der Waals surface area contributed by atoms with Crippen LogP contribution in [0.3, 0.4) is 0 Å². The highest BCUT2D eigenvalue weighted by molar-refractivity contribution is 8.06. The van der Waals surface area contributed by atoms with E-state index in [9.17, 15) is 9.59 Å². The average molecular weight is 830 g/mol. The van der Waals surface area contributed by atoms with E-state index in [1.165, 1.54) is 34.7 Å². The van der Waals surface area contributed by atoms with Crippen molar-refractivity contribution in [2.45, 2.75) is 94.9 Å². The van der Waals surface area contributed by atoms with Crippen molar-refractivity contribution in [3.05, 3.63) is 88.1 Å². The molecule has 1 unspecified atom stereocenters. The summed E-state index contributed by atoms with van der Waals surface area (Å²) in [5.74, 6) is -0.561. The van der Waals surface area contributed by atoms with Crippen molar-refractivity contribution in [3.8, 4) is 5.88 Å². The number of carbonyl (C=O) groups is 2. The Labute approximate surface area is 347 Å². The first-order chi connectivity index (χ1) is 27.9. The highest BCUT2D eigenvalue weighted by Crippen LogP contribution is 2.49. The molecule has 3 aliphatic heterocycles. The van der Waals surface area contributed by atoms with Crippen molar-refractivity contribution < 1.29 is 28.0 Å². The van der Waals surface area contributed by atoms with Crippen LogP contribution < -0.4 is 9.64 Å². The first-order valence-corrected chi connectivity index (χ1v) is 22.9. The molecule has 2 bridgehead atoms. The van der Waals surface area contributed by atoms with E-state index >= 15 is 4.21 Å². The summed E-state index contributed by atoms with van der Waals surface area (Å²) in [5, 5.41) is 4.94. The standard InChI is InChI=1S/C45H56ClN5O6S/c1-6-8-35-20-33-22-40(55-4)36-14-12-32(36)23-51-26-45(17-7-9-30-19-34(46)13-15-38(30)45)18-16-29-10-11-31(21-39(29)51)42(52)49-58(54,25-28(2)41(33)57-35)27-47-43(53)37-24-50(3)48-44(37)56-5/h6,10-11,13,15,19,21,24,27-28,32-33,35-36,40-41H,1,7-9,12,14,16-18,20,22-23,25-26H2,2-5H3/t28-,32+,33-,35-,36-,40+,41-,45-,58?/m1/s1. The SMILES string of the molecule is C=CC[C@@H]1C[C@@H]2C[C@H](OC)[C@@H]3CC[C@H]3CN3C[C@@]4(CCCc5cc(Cl)ccc54)CCc4ccc(cc43)C(=O)N=S(=O)(C=NC(=O)c3cn(C)nc3OC)C[C@@H](C)[C@H]2O1. The van der Waals surface area contributed by atoms with E-state index in [4.69, 9.17) is 25.8 Å². The zero-order valence-corrected chi connectivity index (χ0v) is 35.7. The van der Waals surface area contributed by atoms with E-state index in [-0.39, 0.29) is 52.8 Å². The predicted octanol–water partition coefficient (Wildman–Crippen LogP) is 8.02. The molecule has 2 amide bonds. The topological polar surface area (TPSA) is 125 Å². The van der Waals surface area contributed by atoms with Crippen molar-refractivity contribution in [3.63, 3.8) is 0 Å². The number of amides is 2. The third-order valence-electron chi connectivity index (χ3n) is 13.7. The van der Waals surface area contributed by atoms with E-state index in [1.807, 2.05) is 38.3 Å². The second kappa shape index (κ2) is 16.7. The largest absolute Gasteiger partial charge is 0.479 e. The number of ether oxygens (including phenoxy) is 3. The number of hydrogen-bond donors (Lipinski definition) is 0. The zero-order chi connectivity index (χ0) is 40.8. The van der Waals surface area contributed by atoms with Gasteiger partial charge in [-0.15, -0.1) is 11.7 Å². The molecular formula is C45H56ClN5O6S.